The lowest BCUT2D eigenvalue weighted by atomic mass is 9.84. The van der Waals surface area contributed by atoms with E-state index in [1.165, 1.54) is 0 Å². The van der Waals surface area contributed by atoms with E-state index in [9.17, 15) is 4.79 Å². The number of hydrogen-bond acceptors (Lipinski definition) is 4. The number of carbonyl (C=O) groups is 1. The number of rotatable bonds is 7. The molecule has 25 heavy (non-hydrogen) atoms. The molecule has 1 aromatic heterocycles. The van der Waals surface area contributed by atoms with Crippen LogP contribution in [0.4, 0.5) is 0 Å². The topological polar surface area (TPSA) is 60.5 Å². The van der Waals surface area contributed by atoms with Crippen LogP contribution in [0.25, 0.3) is 0 Å². The number of ether oxygens (including phenoxy) is 2. The normalized spacial score (nSPS) is 11.1. The van der Waals surface area contributed by atoms with E-state index in [-0.39, 0.29) is 11.3 Å². The standard InChI is InChI=1S/C20H26N2O3/c1-14-6-7-15(12-21-14)10-19(23)22-13-20(2,3)16-8-9-17(24-4)18(11-16)25-5/h6-9,11-12H,10,13H2,1-5H3,(H,22,23). The van der Waals surface area contributed by atoms with Crippen molar-refractivity contribution >= 4 is 5.91 Å². The Hall–Kier alpha value is -2.56. The van der Waals surface area contributed by atoms with Gasteiger partial charge in [-0.25, -0.2) is 0 Å². The smallest absolute Gasteiger partial charge is 0.224 e. The van der Waals surface area contributed by atoms with Gasteiger partial charge < -0.3 is 14.8 Å². The van der Waals surface area contributed by atoms with E-state index in [0.717, 1.165) is 16.8 Å². The third-order valence-corrected chi connectivity index (χ3v) is 4.23. The molecule has 1 amide bonds. The van der Waals surface area contributed by atoms with E-state index in [2.05, 4.69) is 24.1 Å². The van der Waals surface area contributed by atoms with Crippen molar-refractivity contribution in [2.45, 2.75) is 32.6 Å². The van der Waals surface area contributed by atoms with Crippen LogP contribution in [0.2, 0.25) is 0 Å². The van der Waals surface area contributed by atoms with Gasteiger partial charge in [-0.3, -0.25) is 9.78 Å². The highest BCUT2D eigenvalue weighted by Crippen LogP contribution is 2.32. The fourth-order valence-corrected chi connectivity index (χ4v) is 2.53. The van der Waals surface area contributed by atoms with Crippen LogP contribution in [0.5, 0.6) is 11.5 Å². The zero-order valence-electron chi connectivity index (χ0n) is 15.6. The summed E-state index contributed by atoms with van der Waals surface area (Å²) in [7, 11) is 3.23. The molecule has 0 saturated carbocycles. The largest absolute Gasteiger partial charge is 0.493 e. The summed E-state index contributed by atoms with van der Waals surface area (Å²) < 4.78 is 10.6. The third-order valence-electron chi connectivity index (χ3n) is 4.23. The second-order valence-electron chi connectivity index (χ2n) is 6.71. The van der Waals surface area contributed by atoms with Crippen molar-refractivity contribution in [2.24, 2.45) is 0 Å². The van der Waals surface area contributed by atoms with Crippen molar-refractivity contribution in [3.8, 4) is 11.5 Å². The van der Waals surface area contributed by atoms with Gasteiger partial charge in [0.25, 0.3) is 0 Å². The quantitative estimate of drug-likeness (QED) is 0.840. The highest BCUT2D eigenvalue weighted by molar-refractivity contribution is 5.78. The summed E-state index contributed by atoms with van der Waals surface area (Å²) in [6, 6.07) is 9.68. The molecule has 0 spiro atoms. The van der Waals surface area contributed by atoms with Crippen LogP contribution >= 0.6 is 0 Å². The van der Waals surface area contributed by atoms with Crippen LogP contribution in [-0.2, 0) is 16.6 Å². The zero-order chi connectivity index (χ0) is 18.4. The molecule has 0 atom stereocenters. The van der Waals surface area contributed by atoms with Crippen LogP contribution in [0.15, 0.2) is 36.5 Å². The summed E-state index contributed by atoms with van der Waals surface area (Å²) in [4.78, 5) is 16.4. The minimum atomic E-state index is -0.235. The van der Waals surface area contributed by atoms with Crippen molar-refractivity contribution < 1.29 is 14.3 Å². The first-order valence-corrected chi connectivity index (χ1v) is 8.26. The Kier molecular flexibility index (Phi) is 6.02. The van der Waals surface area contributed by atoms with E-state index in [1.54, 1.807) is 20.4 Å². The molecule has 134 valence electrons. The van der Waals surface area contributed by atoms with Gasteiger partial charge in [0, 0.05) is 23.9 Å². The number of methoxy groups -OCH3 is 2. The maximum absolute atomic E-state index is 12.2. The average Bonchev–Trinajstić information content (AvgIpc) is 2.61. The summed E-state index contributed by atoms with van der Waals surface area (Å²) in [5, 5.41) is 3.01. The van der Waals surface area contributed by atoms with Gasteiger partial charge in [0.1, 0.15) is 0 Å². The molecule has 2 aromatic rings. The van der Waals surface area contributed by atoms with Gasteiger partial charge in [0.05, 0.1) is 20.6 Å². The van der Waals surface area contributed by atoms with Gasteiger partial charge in [-0.15, -0.1) is 0 Å². The summed E-state index contributed by atoms with van der Waals surface area (Å²) in [6.45, 7) is 6.63. The molecule has 1 heterocycles. The minimum Gasteiger partial charge on any atom is -0.493 e. The molecule has 5 heteroatoms. The lowest BCUT2D eigenvalue weighted by Crippen LogP contribution is -2.37. The summed E-state index contributed by atoms with van der Waals surface area (Å²) >= 11 is 0. The monoisotopic (exact) mass is 342 g/mol. The third kappa shape index (κ3) is 4.95. The second-order valence-corrected chi connectivity index (χ2v) is 6.71. The summed E-state index contributed by atoms with van der Waals surface area (Å²) in [5.41, 5.74) is 2.69. The predicted molar refractivity (Wildman–Crippen MR) is 98.3 cm³/mol. The Morgan fingerprint density at radius 3 is 2.44 bits per heavy atom. The number of nitrogens with one attached hydrogen (secondary N) is 1. The molecule has 0 saturated heterocycles. The number of aromatic nitrogens is 1. The van der Waals surface area contributed by atoms with Crippen molar-refractivity contribution in [1.29, 1.82) is 0 Å². The molecular formula is C20H26N2O3. The lowest BCUT2D eigenvalue weighted by molar-refractivity contribution is -0.120. The molecule has 0 unspecified atom stereocenters. The Bertz CT molecular complexity index is 724. The minimum absolute atomic E-state index is 0.0146. The van der Waals surface area contributed by atoms with Crippen LogP contribution in [0.1, 0.15) is 30.7 Å². The zero-order valence-corrected chi connectivity index (χ0v) is 15.6. The maximum Gasteiger partial charge on any atom is 0.224 e. The van der Waals surface area contributed by atoms with Gasteiger partial charge >= 0.3 is 0 Å². The van der Waals surface area contributed by atoms with Crippen LogP contribution < -0.4 is 14.8 Å². The van der Waals surface area contributed by atoms with Crippen LogP contribution in [0, 0.1) is 6.92 Å². The molecule has 2 rings (SSSR count). The van der Waals surface area contributed by atoms with Crippen LogP contribution in [-0.4, -0.2) is 31.7 Å². The van der Waals surface area contributed by atoms with Crippen molar-refractivity contribution in [2.75, 3.05) is 20.8 Å². The Morgan fingerprint density at radius 2 is 1.84 bits per heavy atom. The summed E-state index contributed by atoms with van der Waals surface area (Å²) in [5.74, 6) is 1.36. The molecular weight excluding hydrogens is 316 g/mol. The molecule has 0 fully saturated rings. The van der Waals surface area contributed by atoms with E-state index >= 15 is 0 Å². The van der Waals surface area contributed by atoms with Crippen LogP contribution in [0.3, 0.4) is 0 Å². The fourth-order valence-electron chi connectivity index (χ4n) is 2.53. The first-order valence-electron chi connectivity index (χ1n) is 8.26. The number of nitrogens with zero attached hydrogens (tertiary/aromatic N) is 1. The number of amides is 1. The molecule has 1 N–H and O–H groups in total. The molecule has 5 nitrogen and oxygen atoms in total. The Balaban J connectivity index is 2.00. The van der Waals surface area contributed by atoms with Crippen molar-refractivity contribution in [3.05, 3.63) is 53.3 Å². The van der Waals surface area contributed by atoms with Gasteiger partial charge in [-0.05, 0) is 36.2 Å². The van der Waals surface area contributed by atoms with Crippen molar-refractivity contribution in [3.63, 3.8) is 0 Å². The fraction of sp³-hybridized carbons (Fsp3) is 0.400. The number of pyridine rings is 1. The van der Waals surface area contributed by atoms with Gasteiger partial charge in [-0.1, -0.05) is 26.0 Å². The highest BCUT2D eigenvalue weighted by Gasteiger charge is 2.23. The number of benzene rings is 1. The van der Waals surface area contributed by atoms with E-state index < -0.39 is 0 Å². The number of aryl methyl sites for hydroxylation is 1. The Morgan fingerprint density at radius 1 is 1.12 bits per heavy atom. The van der Waals surface area contributed by atoms with Gasteiger partial charge in [0.2, 0.25) is 5.91 Å². The maximum atomic E-state index is 12.2. The molecule has 0 aliphatic heterocycles. The highest BCUT2D eigenvalue weighted by atomic mass is 16.5. The average molecular weight is 342 g/mol. The molecule has 0 bridgehead atoms. The van der Waals surface area contributed by atoms with E-state index in [4.69, 9.17) is 9.47 Å². The van der Waals surface area contributed by atoms with E-state index in [0.29, 0.717) is 24.5 Å². The molecule has 0 radical (unpaired) electrons. The van der Waals surface area contributed by atoms with Gasteiger partial charge in [0.15, 0.2) is 11.5 Å². The lowest BCUT2D eigenvalue weighted by Gasteiger charge is -2.26. The number of hydrogen-bond donors (Lipinski definition) is 1. The SMILES string of the molecule is COc1ccc(C(C)(C)CNC(=O)Cc2ccc(C)nc2)cc1OC. The predicted octanol–water partition coefficient (Wildman–Crippen LogP) is 3.04. The number of carbonyl (C=O) groups excluding carboxylic acids is 1. The first kappa shape index (κ1) is 18.8. The molecule has 0 aliphatic carbocycles. The van der Waals surface area contributed by atoms with Gasteiger partial charge in [-0.2, -0.15) is 0 Å². The van der Waals surface area contributed by atoms with E-state index in [1.807, 2.05) is 37.3 Å². The molecule has 0 aliphatic rings. The summed E-state index contributed by atoms with van der Waals surface area (Å²) in [6.07, 6.45) is 2.07. The second kappa shape index (κ2) is 8.01. The first-order chi connectivity index (χ1) is 11.9. The Labute approximate surface area is 149 Å². The van der Waals surface area contributed by atoms with Crippen molar-refractivity contribution in [1.82, 2.24) is 10.3 Å². The molecule has 1 aromatic carbocycles.